The predicted octanol–water partition coefficient (Wildman–Crippen LogP) is -0.122. The Hall–Kier alpha value is -2.51. The van der Waals surface area contributed by atoms with E-state index in [9.17, 15) is 18.8 Å². The zero-order valence-electron chi connectivity index (χ0n) is 8.96. The largest absolute Gasteiger partial charge is 0.481 e. The van der Waals surface area contributed by atoms with Crippen LogP contribution in [0.25, 0.3) is 0 Å². The molecule has 0 aliphatic carbocycles. The number of carboxylic acid groups (broad SMARTS) is 2. The monoisotopic (exact) mass is 256 g/mol. The van der Waals surface area contributed by atoms with E-state index in [0.717, 1.165) is 18.3 Å². The van der Waals surface area contributed by atoms with Crippen LogP contribution >= 0.6 is 0 Å². The van der Waals surface area contributed by atoms with Crippen molar-refractivity contribution in [1.29, 1.82) is 0 Å². The minimum Gasteiger partial charge on any atom is -0.481 e. The van der Waals surface area contributed by atoms with Gasteiger partial charge in [0.05, 0.1) is 12.6 Å². The molecule has 8 heteroatoms. The maximum Gasteiger partial charge on any atom is 0.326 e. The Morgan fingerprint density at radius 1 is 1.33 bits per heavy atom. The van der Waals surface area contributed by atoms with E-state index in [1.54, 1.807) is 0 Å². The van der Waals surface area contributed by atoms with Gasteiger partial charge >= 0.3 is 11.9 Å². The van der Waals surface area contributed by atoms with Crippen molar-refractivity contribution in [3.63, 3.8) is 0 Å². The Bertz CT molecular complexity index is 474. The Kier molecular flexibility index (Phi) is 4.30. The molecule has 18 heavy (non-hydrogen) atoms. The van der Waals surface area contributed by atoms with Crippen LogP contribution < -0.4 is 5.32 Å². The third-order valence-corrected chi connectivity index (χ3v) is 1.94. The second-order valence-corrected chi connectivity index (χ2v) is 3.32. The van der Waals surface area contributed by atoms with Gasteiger partial charge in [0.2, 0.25) is 0 Å². The van der Waals surface area contributed by atoms with Crippen molar-refractivity contribution in [3.05, 3.63) is 29.8 Å². The molecular formula is C10H9FN2O5. The first-order valence-electron chi connectivity index (χ1n) is 4.77. The molecule has 1 atom stereocenters. The van der Waals surface area contributed by atoms with Crippen LogP contribution in [0.3, 0.4) is 0 Å². The highest BCUT2D eigenvalue weighted by Gasteiger charge is 2.23. The van der Waals surface area contributed by atoms with Crippen LogP contribution in [0.1, 0.15) is 16.9 Å². The number of hydrogen-bond acceptors (Lipinski definition) is 4. The van der Waals surface area contributed by atoms with Gasteiger partial charge in [0.15, 0.2) is 0 Å². The summed E-state index contributed by atoms with van der Waals surface area (Å²) in [6.07, 6.45) is 0.0319. The van der Waals surface area contributed by atoms with Crippen LogP contribution in [0, 0.1) is 5.82 Å². The molecule has 0 spiro atoms. The topological polar surface area (TPSA) is 117 Å². The number of halogens is 1. The summed E-state index contributed by atoms with van der Waals surface area (Å²) in [4.78, 5) is 36.0. The third-order valence-electron chi connectivity index (χ3n) is 1.94. The van der Waals surface area contributed by atoms with Gasteiger partial charge in [0.1, 0.15) is 17.6 Å². The molecule has 0 radical (unpaired) electrons. The average Bonchev–Trinajstić information content (AvgIpc) is 2.28. The van der Waals surface area contributed by atoms with Gasteiger partial charge < -0.3 is 15.5 Å². The van der Waals surface area contributed by atoms with Crippen LogP contribution in [0.2, 0.25) is 0 Å². The molecule has 1 amide bonds. The van der Waals surface area contributed by atoms with Crippen molar-refractivity contribution >= 4 is 17.8 Å². The number of pyridine rings is 1. The molecule has 1 aromatic heterocycles. The minimum atomic E-state index is -1.57. The smallest absolute Gasteiger partial charge is 0.326 e. The summed E-state index contributed by atoms with van der Waals surface area (Å²) in [7, 11) is 0. The van der Waals surface area contributed by atoms with E-state index in [0.29, 0.717) is 0 Å². The van der Waals surface area contributed by atoms with Gasteiger partial charge in [-0.15, -0.1) is 0 Å². The zero-order chi connectivity index (χ0) is 13.7. The highest BCUT2D eigenvalue weighted by molar-refractivity contribution is 5.95. The lowest BCUT2D eigenvalue weighted by atomic mass is 10.2. The third kappa shape index (κ3) is 3.81. The van der Waals surface area contributed by atoms with Crippen molar-refractivity contribution in [2.75, 3.05) is 0 Å². The first-order valence-corrected chi connectivity index (χ1v) is 4.77. The van der Waals surface area contributed by atoms with E-state index in [1.807, 2.05) is 5.32 Å². The Labute approximate surface area is 100 Å². The molecule has 0 saturated carbocycles. The molecule has 0 fully saturated rings. The fourth-order valence-electron chi connectivity index (χ4n) is 1.12. The SMILES string of the molecule is O=C(O)C[C@H](NC(=O)c1ccc(F)cn1)C(=O)O. The standard InChI is InChI=1S/C10H9FN2O5/c11-5-1-2-6(12-4-5)9(16)13-7(10(17)18)3-8(14)15/h1-2,4,7H,3H2,(H,13,16)(H,14,15)(H,17,18)/t7-/m0/s1. The fraction of sp³-hybridized carbons (Fsp3) is 0.200. The number of aliphatic carboxylic acids is 2. The average molecular weight is 256 g/mol. The molecule has 0 aliphatic rings. The number of hydrogen-bond donors (Lipinski definition) is 3. The van der Waals surface area contributed by atoms with Gasteiger partial charge in [0, 0.05) is 0 Å². The summed E-state index contributed by atoms with van der Waals surface area (Å²) in [6.45, 7) is 0. The second kappa shape index (κ2) is 5.71. The first kappa shape index (κ1) is 13.6. The van der Waals surface area contributed by atoms with Crippen molar-refractivity contribution in [2.24, 2.45) is 0 Å². The van der Waals surface area contributed by atoms with Gasteiger partial charge in [-0.05, 0) is 12.1 Å². The summed E-state index contributed by atoms with van der Waals surface area (Å²) in [6, 6.07) is 0.473. The number of rotatable bonds is 5. The van der Waals surface area contributed by atoms with E-state index >= 15 is 0 Å². The van der Waals surface area contributed by atoms with E-state index in [4.69, 9.17) is 10.2 Å². The van der Waals surface area contributed by atoms with Crippen molar-refractivity contribution in [3.8, 4) is 0 Å². The zero-order valence-corrected chi connectivity index (χ0v) is 8.96. The molecule has 1 aromatic rings. The first-order chi connectivity index (χ1) is 8.40. The summed E-state index contributed by atoms with van der Waals surface area (Å²) in [5, 5.41) is 19.2. The van der Waals surface area contributed by atoms with Gasteiger partial charge in [-0.2, -0.15) is 0 Å². The van der Waals surface area contributed by atoms with E-state index in [-0.39, 0.29) is 5.69 Å². The van der Waals surface area contributed by atoms with Crippen LogP contribution in [0.5, 0.6) is 0 Å². The molecule has 1 heterocycles. The van der Waals surface area contributed by atoms with Gasteiger partial charge in [-0.25, -0.2) is 14.2 Å². The number of amides is 1. The normalized spacial score (nSPS) is 11.6. The minimum absolute atomic E-state index is 0.201. The Morgan fingerprint density at radius 3 is 2.44 bits per heavy atom. The van der Waals surface area contributed by atoms with Crippen LogP contribution in [0.15, 0.2) is 18.3 Å². The van der Waals surface area contributed by atoms with E-state index in [1.165, 1.54) is 0 Å². The molecule has 0 bridgehead atoms. The molecule has 1 rings (SSSR count). The number of nitrogens with zero attached hydrogens (tertiary/aromatic N) is 1. The lowest BCUT2D eigenvalue weighted by Gasteiger charge is -2.11. The summed E-state index contributed by atoms with van der Waals surface area (Å²) >= 11 is 0. The van der Waals surface area contributed by atoms with Crippen molar-refractivity contribution < 1.29 is 29.0 Å². The number of carbonyl (C=O) groups excluding carboxylic acids is 1. The van der Waals surface area contributed by atoms with Crippen molar-refractivity contribution in [1.82, 2.24) is 10.3 Å². The molecule has 96 valence electrons. The number of carbonyl (C=O) groups is 3. The highest BCUT2D eigenvalue weighted by atomic mass is 19.1. The van der Waals surface area contributed by atoms with E-state index in [2.05, 4.69) is 4.98 Å². The molecule has 0 aromatic carbocycles. The Morgan fingerprint density at radius 2 is 2.00 bits per heavy atom. The van der Waals surface area contributed by atoms with Gasteiger partial charge in [0.25, 0.3) is 5.91 Å². The number of carboxylic acids is 2. The van der Waals surface area contributed by atoms with E-state index < -0.39 is 36.1 Å². The lowest BCUT2D eigenvalue weighted by Crippen LogP contribution is -2.42. The Balaban J connectivity index is 2.75. The van der Waals surface area contributed by atoms with Crippen molar-refractivity contribution in [2.45, 2.75) is 12.5 Å². The number of aromatic nitrogens is 1. The molecule has 7 nitrogen and oxygen atoms in total. The number of nitrogens with one attached hydrogen (secondary N) is 1. The van der Waals surface area contributed by atoms with Crippen LogP contribution in [0.4, 0.5) is 4.39 Å². The molecular weight excluding hydrogens is 247 g/mol. The molecule has 0 unspecified atom stereocenters. The lowest BCUT2D eigenvalue weighted by molar-refractivity contribution is -0.145. The second-order valence-electron chi connectivity index (χ2n) is 3.32. The maximum absolute atomic E-state index is 12.5. The molecule has 3 N–H and O–H groups in total. The summed E-state index contributed by atoms with van der Waals surface area (Å²) in [5.41, 5.74) is -0.201. The highest BCUT2D eigenvalue weighted by Crippen LogP contribution is 2.00. The molecule has 0 aliphatic heterocycles. The quantitative estimate of drug-likeness (QED) is 0.676. The van der Waals surface area contributed by atoms with Gasteiger partial charge in [-0.1, -0.05) is 0 Å². The fourth-order valence-corrected chi connectivity index (χ4v) is 1.12. The predicted molar refractivity (Wildman–Crippen MR) is 55.3 cm³/mol. The van der Waals surface area contributed by atoms with Gasteiger partial charge in [-0.3, -0.25) is 9.59 Å². The van der Waals surface area contributed by atoms with Crippen LogP contribution in [-0.4, -0.2) is 39.1 Å². The summed E-state index contributed by atoms with van der Waals surface area (Å²) in [5.74, 6) is -4.38. The van der Waals surface area contributed by atoms with Crippen LogP contribution in [-0.2, 0) is 9.59 Å². The summed E-state index contributed by atoms with van der Waals surface area (Å²) < 4.78 is 12.5. The molecule has 0 saturated heterocycles. The maximum atomic E-state index is 12.5.